The Bertz CT molecular complexity index is 206. The molecule has 0 saturated heterocycles. The Balaban J connectivity index is 2.38. The van der Waals surface area contributed by atoms with E-state index < -0.39 is 0 Å². The van der Waals surface area contributed by atoms with Gasteiger partial charge < -0.3 is 15.2 Å². The summed E-state index contributed by atoms with van der Waals surface area (Å²) in [5, 5.41) is 0. The van der Waals surface area contributed by atoms with Gasteiger partial charge in [-0.15, -0.1) is 0 Å². The molecule has 1 aliphatic carbocycles. The molecule has 0 aromatic carbocycles. The van der Waals surface area contributed by atoms with Gasteiger partial charge in [-0.2, -0.15) is 0 Å². The summed E-state index contributed by atoms with van der Waals surface area (Å²) in [6, 6.07) is 0.192. The molecule has 0 aliphatic heterocycles. The molecule has 0 bridgehead atoms. The van der Waals surface area contributed by atoms with Gasteiger partial charge in [-0.05, 0) is 38.5 Å². The molecule has 0 aromatic heterocycles. The molecule has 16 heavy (non-hydrogen) atoms. The monoisotopic (exact) mass is 229 g/mol. The number of nitrogens with two attached hydrogens (primary N) is 1. The summed E-state index contributed by atoms with van der Waals surface area (Å²) in [4.78, 5) is 0. The topological polar surface area (TPSA) is 44.5 Å². The fraction of sp³-hybridized carbons (Fsp3) is 1.00. The third-order valence-corrected chi connectivity index (χ3v) is 3.35. The van der Waals surface area contributed by atoms with Gasteiger partial charge in [0, 0.05) is 12.6 Å². The third-order valence-electron chi connectivity index (χ3n) is 3.35. The van der Waals surface area contributed by atoms with Crippen LogP contribution in [0.5, 0.6) is 0 Å². The minimum Gasteiger partial charge on any atom is -0.379 e. The molecule has 0 amide bonds. The van der Waals surface area contributed by atoms with Crippen molar-refractivity contribution in [3.63, 3.8) is 0 Å². The van der Waals surface area contributed by atoms with E-state index in [1.165, 1.54) is 6.42 Å². The second-order valence-electron chi connectivity index (χ2n) is 5.72. The Morgan fingerprint density at radius 2 is 2.12 bits per heavy atom. The molecule has 0 spiro atoms. The zero-order valence-corrected chi connectivity index (χ0v) is 11.2. The molecule has 1 aliphatic rings. The van der Waals surface area contributed by atoms with Crippen molar-refractivity contribution in [1.29, 1.82) is 0 Å². The maximum atomic E-state index is 6.11. The quantitative estimate of drug-likeness (QED) is 0.787. The molecule has 3 atom stereocenters. The molecular weight excluding hydrogens is 202 g/mol. The maximum absolute atomic E-state index is 6.11. The lowest BCUT2D eigenvalue weighted by molar-refractivity contribution is -0.0828. The van der Waals surface area contributed by atoms with Crippen LogP contribution in [0.1, 0.15) is 47.0 Å². The molecular formula is C13H27NO2. The van der Waals surface area contributed by atoms with Crippen molar-refractivity contribution in [1.82, 2.24) is 0 Å². The lowest BCUT2D eigenvalue weighted by atomic mass is 9.74. The summed E-state index contributed by atoms with van der Waals surface area (Å²) in [5.74, 6) is 0. The molecule has 1 saturated carbocycles. The van der Waals surface area contributed by atoms with Gasteiger partial charge in [-0.3, -0.25) is 0 Å². The number of ether oxygens (including phenoxy) is 2. The molecule has 2 N–H and O–H groups in total. The summed E-state index contributed by atoms with van der Waals surface area (Å²) < 4.78 is 11.3. The Morgan fingerprint density at radius 1 is 1.44 bits per heavy atom. The first-order chi connectivity index (χ1) is 7.44. The van der Waals surface area contributed by atoms with E-state index in [2.05, 4.69) is 20.8 Å². The summed E-state index contributed by atoms with van der Waals surface area (Å²) in [6.45, 7) is 10.1. The third kappa shape index (κ3) is 4.40. The van der Waals surface area contributed by atoms with Gasteiger partial charge in [0.15, 0.2) is 0 Å². The summed E-state index contributed by atoms with van der Waals surface area (Å²) >= 11 is 0. The predicted octanol–water partition coefficient (Wildman–Crippen LogP) is 2.33. The molecule has 3 nitrogen and oxygen atoms in total. The first kappa shape index (κ1) is 13.9. The highest BCUT2D eigenvalue weighted by atomic mass is 16.5. The first-order valence-electron chi connectivity index (χ1n) is 6.43. The normalized spacial score (nSPS) is 31.3. The SMILES string of the molecule is CCOCC(C)OC1CC(C)(C)CCC1N. The largest absolute Gasteiger partial charge is 0.379 e. The lowest BCUT2D eigenvalue weighted by Gasteiger charge is -2.40. The van der Waals surface area contributed by atoms with Gasteiger partial charge in [0.25, 0.3) is 0 Å². The van der Waals surface area contributed by atoms with Gasteiger partial charge in [0.2, 0.25) is 0 Å². The minimum absolute atomic E-state index is 0.143. The Labute approximate surface area is 99.7 Å². The fourth-order valence-electron chi connectivity index (χ4n) is 2.31. The van der Waals surface area contributed by atoms with Gasteiger partial charge >= 0.3 is 0 Å². The van der Waals surface area contributed by atoms with Crippen molar-refractivity contribution < 1.29 is 9.47 Å². The Morgan fingerprint density at radius 3 is 2.75 bits per heavy atom. The smallest absolute Gasteiger partial charge is 0.0785 e. The average Bonchev–Trinajstić information content (AvgIpc) is 2.20. The van der Waals surface area contributed by atoms with Crippen LogP contribution in [0, 0.1) is 5.41 Å². The maximum Gasteiger partial charge on any atom is 0.0785 e. The van der Waals surface area contributed by atoms with Crippen LogP contribution in [0.25, 0.3) is 0 Å². The summed E-state index contributed by atoms with van der Waals surface area (Å²) in [7, 11) is 0. The summed E-state index contributed by atoms with van der Waals surface area (Å²) in [6.07, 6.45) is 3.67. The van der Waals surface area contributed by atoms with Crippen molar-refractivity contribution in [2.75, 3.05) is 13.2 Å². The van der Waals surface area contributed by atoms with Crippen LogP contribution in [-0.4, -0.2) is 31.5 Å². The second kappa shape index (κ2) is 5.99. The zero-order chi connectivity index (χ0) is 12.2. The van der Waals surface area contributed by atoms with Crippen LogP contribution in [0.15, 0.2) is 0 Å². The molecule has 3 heteroatoms. The van der Waals surface area contributed by atoms with Crippen molar-refractivity contribution >= 4 is 0 Å². The predicted molar refractivity (Wildman–Crippen MR) is 66.4 cm³/mol. The van der Waals surface area contributed by atoms with Gasteiger partial charge in [0.1, 0.15) is 0 Å². The second-order valence-corrected chi connectivity index (χ2v) is 5.72. The van der Waals surface area contributed by atoms with Crippen molar-refractivity contribution in [3.8, 4) is 0 Å². The van der Waals surface area contributed by atoms with Crippen molar-refractivity contribution in [2.24, 2.45) is 11.1 Å². The van der Waals surface area contributed by atoms with E-state index in [1.807, 2.05) is 6.92 Å². The van der Waals surface area contributed by atoms with Gasteiger partial charge in [-0.1, -0.05) is 13.8 Å². The highest BCUT2D eigenvalue weighted by Crippen LogP contribution is 2.36. The lowest BCUT2D eigenvalue weighted by Crippen LogP contribution is -2.46. The molecule has 1 fully saturated rings. The Hall–Kier alpha value is -0.120. The van der Waals surface area contributed by atoms with E-state index in [0.717, 1.165) is 19.4 Å². The highest BCUT2D eigenvalue weighted by Gasteiger charge is 2.34. The Kier molecular flexibility index (Phi) is 5.22. The van der Waals surface area contributed by atoms with E-state index in [4.69, 9.17) is 15.2 Å². The number of hydrogen-bond donors (Lipinski definition) is 1. The van der Waals surface area contributed by atoms with Crippen LogP contribution in [0.3, 0.4) is 0 Å². The van der Waals surface area contributed by atoms with Crippen LogP contribution in [-0.2, 0) is 9.47 Å². The van der Waals surface area contributed by atoms with E-state index >= 15 is 0 Å². The van der Waals surface area contributed by atoms with Crippen LogP contribution < -0.4 is 5.73 Å². The van der Waals surface area contributed by atoms with Crippen LogP contribution in [0.4, 0.5) is 0 Å². The molecule has 0 heterocycles. The highest BCUT2D eigenvalue weighted by molar-refractivity contribution is 4.88. The minimum atomic E-state index is 0.143. The van der Waals surface area contributed by atoms with Crippen molar-refractivity contribution in [3.05, 3.63) is 0 Å². The van der Waals surface area contributed by atoms with E-state index in [-0.39, 0.29) is 18.2 Å². The standard InChI is InChI=1S/C13H27NO2/c1-5-15-9-10(2)16-12-8-13(3,4)7-6-11(12)14/h10-12H,5-9,14H2,1-4H3. The molecule has 3 unspecified atom stereocenters. The van der Waals surface area contributed by atoms with E-state index in [1.54, 1.807) is 0 Å². The number of hydrogen-bond acceptors (Lipinski definition) is 3. The first-order valence-corrected chi connectivity index (χ1v) is 6.43. The van der Waals surface area contributed by atoms with Gasteiger partial charge in [-0.25, -0.2) is 0 Å². The molecule has 0 aromatic rings. The molecule has 96 valence electrons. The fourth-order valence-corrected chi connectivity index (χ4v) is 2.31. The molecule has 0 radical (unpaired) electrons. The molecule has 1 rings (SSSR count). The zero-order valence-electron chi connectivity index (χ0n) is 11.2. The van der Waals surface area contributed by atoms with Gasteiger partial charge in [0.05, 0.1) is 18.8 Å². The van der Waals surface area contributed by atoms with E-state index in [0.29, 0.717) is 12.0 Å². The van der Waals surface area contributed by atoms with E-state index in [9.17, 15) is 0 Å². The van der Waals surface area contributed by atoms with Crippen LogP contribution in [0.2, 0.25) is 0 Å². The number of rotatable bonds is 5. The average molecular weight is 229 g/mol. The van der Waals surface area contributed by atoms with Crippen LogP contribution >= 0.6 is 0 Å². The summed E-state index contributed by atoms with van der Waals surface area (Å²) in [5.41, 5.74) is 6.48. The van der Waals surface area contributed by atoms with Crippen molar-refractivity contribution in [2.45, 2.75) is 65.2 Å².